The molecule has 2 N–H and O–H groups in total. The Morgan fingerprint density at radius 2 is 1.78 bits per heavy atom. The second-order valence-corrected chi connectivity index (χ2v) is 4.72. The monoisotopic (exact) mass is 312 g/mol. The molecule has 0 saturated carbocycles. The number of aliphatic carboxylic acids is 1. The summed E-state index contributed by atoms with van der Waals surface area (Å²) in [6.45, 7) is 0. The fourth-order valence-electron chi connectivity index (χ4n) is 2.13. The van der Waals surface area contributed by atoms with E-state index >= 15 is 0 Å². The predicted molar refractivity (Wildman–Crippen MR) is 84.7 cm³/mol. The lowest BCUT2D eigenvalue weighted by Gasteiger charge is -2.18. The van der Waals surface area contributed by atoms with E-state index in [1.54, 1.807) is 42.5 Å². The van der Waals surface area contributed by atoms with Gasteiger partial charge < -0.3 is 19.9 Å². The van der Waals surface area contributed by atoms with Crippen molar-refractivity contribution in [2.24, 2.45) is 0 Å². The van der Waals surface area contributed by atoms with Gasteiger partial charge in [0.05, 0.1) is 25.9 Å². The summed E-state index contributed by atoms with van der Waals surface area (Å²) in [6.07, 6.45) is 0. The van der Waals surface area contributed by atoms with Crippen LogP contribution >= 0.6 is 0 Å². The van der Waals surface area contributed by atoms with E-state index in [4.69, 9.17) is 14.7 Å². The molecule has 0 aliphatic carbocycles. The summed E-state index contributed by atoms with van der Waals surface area (Å²) in [6, 6.07) is 12.6. The Labute approximate surface area is 133 Å². The molecule has 0 heterocycles. The maximum absolute atomic E-state index is 11.6. The molecule has 0 aliphatic heterocycles. The molecule has 0 aromatic heterocycles. The summed E-state index contributed by atoms with van der Waals surface area (Å²) in [4.78, 5) is 11.6. The van der Waals surface area contributed by atoms with Crippen molar-refractivity contribution >= 4 is 11.7 Å². The van der Waals surface area contributed by atoms with Gasteiger partial charge in [-0.05, 0) is 42.0 Å². The van der Waals surface area contributed by atoms with E-state index in [1.165, 1.54) is 14.2 Å². The Kier molecular flexibility index (Phi) is 5.05. The van der Waals surface area contributed by atoms with Crippen molar-refractivity contribution in [1.82, 2.24) is 0 Å². The SMILES string of the molecule is COc1ccc(C(Nc2ccc(C#N)cc2)C(=O)O)cc1OC. The zero-order valence-electron chi connectivity index (χ0n) is 12.7. The summed E-state index contributed by atoms with van der Waals surface area (Å²) in [5.74, 6) is -0.0433. The fourth-order valence-corrected chi connectivity index (χ4v) is 2.13. The number of rotatable bonds is 6. The second kappa shape index (κ2) is 7.18. The normalized spacial score (nSPS) is 11.2. The Morgan fingerprint density at radius 1 is 1.13 bits per heavy atom. The molecule has 6 nitrogen and oxygen atoms in total. The van der Waals surface area contributed by atoms with E-state index in [-0.39, 0.29) is 0 Å². The first-order valence-corrected chi connectivity index (χ1v) is 6.80. The average Bonchev–Trinajstić information content (AvgIpc) is 2.59. The van der Waals surface area contributed by atoms with Crippen LogP contribution in [-0.2, 0) is 4.79 Å². The van der Waals surface area contributed by atoms with Crippen LogP contribution in [0.4, 0.5) is 5.69 Å². The van der Waals surface area contributed by atoms with Crippen LogP contribution in [0.3, 0.4) is 0 Å². The van der Waals surface area contributed by atoms with E-state index in [2.05, 4.69) is 5.32 Å². The highest BCUT2D eigenvalue weighted by molar-refractivity contribution is 5.79. The molecule has 6 heteroatoms. The Hall–Kier alpha value is -3.20. The number of methoxy groups -OCH3 is 2. The zero-order valence-corrected chi connectivity index (χ0v) is 12.7. The van der Waals surface area contributed by atoms with E-state index in [0.717, 1.165) is 0 Å². The molecule has 2 aromatic carbocycles. The van der Waals surface area contributed by atoms with E-state index in [1.807, 2.05) is 6.07 Å². The van der Waals surface area contributed by atoms with Crippen molar-refractivity contribution in [2.45, 2.75) is 6.04 Å². The molecular weight excluding hydrogens is 296 g/mol. The van der Waals surface area contributed by atoms with Crippen molar-refractivity contribution < 1.29 is 19.4 Å². The summed E-state index contributed by atoms with van der Waals surface area (Å²) < 4.78 is 10.4. The van der Waals surface area contributed by atoms with E-state index in [0.29, 0.717) is 28.3 Å². The number of carboxylic acids is 1. The van der Waals surface area contributed by atoms with Gasteiger partial charge in [0.1, 0.15) is 0 Å². The van der Waals surface area contributed by atoms with Gasteiger partial charge in [-0.15, -0.1) is 0 Å². The molecule has 23 heavy (non-hydrogen) atoms. The highest BCUT2D eigenvalue weighted by atomic mass is 16.5. The maximum atomic E-state index is 11.6. The van der Waals surface area contributed by atoms with Gasteiger partial charge in [0.2, 0.25) is 0 Å². The third-order valence-electron chi connectivity index (χ3n) is 3.31. The van der Waals surface area contributed by atoms with Crippen molar-refractivity contribution in [1.29, 1.82) is 5.26 Å². The predicted octanol–water partition coefficient (Wildman–Crippen LogP) is 2.81. The van der Waals surface area contributed by atoms with Crippen molar-refractivity contribution in [3.05, 3.63) is 53.6 Å². The van der Waals surface area contributed by atoms with E-state index in [9.17, 15) is 9.90 Å². The number of nitrogens with one attached hydrogen (secondary N) is 1. The molecule has 1 unspecified atom stereocenters. The van der Waals surface area contributed by atoms with E-state index < -0.39 is 12.0 Å². The van der Waals surface area contributed by atoms with Crippen LogP contribution in [0.5, 0.6) is 11.5 Å². The number of anilines is 1. The van der Waals surface area contributed by atoms with Gasteiger partial charge in [0.25, 0.3) is 0 Å². The lowest BCUT2D eigenvalue weighted by Crippen LogP contribution is -2.20. The lowest BCUT2D eigenvalue weighted by atomic mass is 10.1. The number of hydrogen-bond acceptors (Lipinski definition) is 5. The fraction of sp³-hybridized carbons (Fsp3) is 0.176. The Balaban J connectivity index is 2.31. The van der Waals surface area contributed by atoms with Gasteiger partial charge >= 0.3 is 5.97 Å². The smallest absolute Gasteiger partial charge is 0.330 e. The molecule has 1 atom stereocenters. The molecular formula is C17H16N2O4. The summed E-state index contributed by atoms with van der Waals surface area (Å²) >= 11 is 0. The maximum Gasteiger partial charge on any atom is 0.330 e. The van der Waals surface area contributed by atoms with Crippen LogP contribution in [0.1, 0.15) is 17.2 Å². The number of hydrogen-bond donors (Lipinski definition) is 2. The molecule has 2 rings (SSSR count). The number of ether oxygens (including phenoxy) is 2. The summed E-state index contributed by atoms with van der Waals surface area (Å²) in [5.41, 5.74) is 1.64. The first-order chi connectivity index (χ1) is 11.1. The van der Waals surface area contributed by atoms with Gasteiger partial charge in [-0.2, -0.15) is 5.26 Å². The second-order valence-electron chi connectivity index (χ2n) is 4.72. The number of benzene rings is 2. The minimum absolute atomic E-state index is 0.456. The van der Waals surface area contributed by atoms with Gasteiger partial charge in [-0.3, -0.25) is 0 Å². The molecule has 0 saturated heterocycles. The summed E-state index contributed by atoms with van der Waals surface area (Å²) in [5, 5.41) is 21.2. The van der Waals surface area contributed by atoms with Crippen LogP contribution in [0.25, 0.3) is 0 Å². The minimum Gasteiger partial charge on any atom is -0.493 e. The van der Waals surface area contributed by atoms with Gasteiger partial charge in [0, 0.05) is 5.69 Å². The molecule has 0 spiro atoms. The molecule has 0 bridgehead atoms. The van der Waals surface area contributed by atoms with Crippen LogP contribution in [0.15, 0.2) is 42.5 Å². The molecule has 0 radical (unpaired) electrons. The molecule has 2 aromatic rings. The number of nitriles is 1. The molecule has 0 aliphatic rings. The Morgan fingerprint density at radius 3 is 2.30 bits per heavy atom. The molecule has 118 valence electrons. The van der Waals surface area contributed by atoms with Gasteiger partial charge in [-0.1, -0.05) is 6.07 Å². The van der Waals surface area contributed by atoms with Gasteiger partial charge in [-0.25, -0.2) is 4.79 Å². The highest BCUT2D eigenvalue weighted by Crippen LogP contribution is 2.31. The van der Waals surface area contributed by atoms with Gasteiger partial charge in [0.15, 0.2) is 17.5 Å². The number of carbonyl (C=O) groups is 1. The van der Waals surface area contributed by atoms with Crippen LogP contribution in [0, 0.1) is 11.3 Å². The number of carboxylic acid groups (broad SMARTS) is 1. The average molecular weight is 312 g/mol. The van der Waals surface area contributed by atoms with Crippen LogP contribution < -0.4 is 14.8 Å². The van der Waals surface area contributed by atoms with Crippen LogP contribution in [0.2, 0.25) is 0 Å². The van der Waals surface area contributed by atoms with Crippen molar-refractivity contribution in [2.75, 3.05) is 19.5 Å². The highest BCUT2D eigenvalue weighted by Gasteiger charge is 2.21. The third-order valence-corrected chi connectivity index (χ3v) is 3.31. The molecule has 0 amide bonds. The third kappa shape index (κ3) is 3.71. The Bertz CT molecular complexity index is 735. The first-order valence-electron chi connectivity index (χ1n) is 6.80. The quantitative estimate of drug-likeness (QED) is 0.852. The molecule has 0 fully saturated rings. The van der Waals surface area contributed by atoms with Crippen LogP contribution in [-0.4, -0.2) is 25.3 Å². The van der Waals surface area contributed by atoms with Crippen molar-refractivity contribution in [3.8, 4) is 17.6 Å². The van der Waals surface area contributed by atoms with Crippen molar-refractivity contribution in [3.63, 3.8) is 0 Å². The lowest BCUT2D eigenvalue weighted by molar-refractivity contribution is -0.138. The summed E-state index contributed by atoms with van der Waals surface area (Å²) in [7, 11) is 3.01. The minimum atomic E-state index is -1.03. The number of nitrogens with zero attached hydrogens (tertiary/aromatic N) is 1. The standard InChI is InChI=1S/C17H16N2O4/c1-22-14-8-5-12(9-15(14)23-2)16(17(20)21)19-13-6-3-11(10-18)4-7-13/h3-9,16,19H,1-2H3,(H,20,21). The topological polar surface area (TPSA) is 91.6 Å². The largest absolute Gasteiger partial charge is 0.493 e. The zero-order chi connectivity index (χ0) is 16.8. The first kappa shape index (κ1) is 16.2.